The van der Waals surface area contributed by atoms with Crippen LogP contribution in [0.3, 0.4) is 0 Å². The number of ether oxygens (including phenoxy) is 1. The normalized spacial score (nSPS) is 15.8. The van der Waals surface area contributed by atoms with Crippen molar-refractivity contribution in [3.63, 3.8) is 0 Å². The van der Waals surface area contributed by atoms with E-state index >= 15 is 4.39 Å². The van der Waals surface area contributed by atoms with Gasteiger partial charge in [-0.25, -0.2) is 9.37 Å². The number of fused-ring (bicyclic) bond motifs is 1. The summed E-state index contributed by atoms with van der Waals surface area (Å²) < 4.78 is 22.8. The number of nitrogens with two attached hydrogens (primary N) is 1. The molecule has 4 N–H and O–H groups in total. The van der Waals surface area contributed by atoms with Gasteiger partial charge in [-0.3, -0.25) is 4.68 Å². The van der Waals surface area contributed by atoms with Gasteiger partial charge in [-0.05, 0) is 49.0 Å². The van der Waals surface area contributed by atoms with Crippen LogP contribution in [0.2, 0.25) is 0 Å². The lowest BCUT2D eigenvalue weighted by Gasteiger charge is -2.25. The monoisotopic (exact) mass is 525 g/mol. The van der Waals surface area contributed by atoms with Gasteiger partial charge in [0.25, 0.3) is 0 Å². The minimum Gasteiger partial charge on any atom is -0.496 e. The van der Waals surface area contributed by atoms with Gasteiger partial charge < -0.3 is 25.8 Å². The van der Waals surface area contributed by atoms with Gasteiger partial charge >= 0.3 is 0 Å². The van der Waals surface area contributed by atoms with E-state index in [1.807, 2.05) is 11.0 Å². The predicted molar refractivity (Wildman–Crippen MR) is 150 cm³/mol. The lowest BCUT2D eigenvalue weighted by Crippen LogP contribution is -2.35. The van der Waals surface area contributed by atoms with E-state index in [1.54, 1.807) is 24.1 Å². The van der Waals surface area contributed by atoms with Crippen LogP contribution in [0.5, 0.6) is 5.75 Å². The Morgan fingerprint density at radius 3 is 2.76 bits per heavy atom. The van der Waals surface area contributed by atoms with Gasteiger partial charge in [0.05, 0.1) is 32.0 Å². The molecular formula is C28H40FN7O2. The molecule has 1 unspecified atom stereocenters. The second kappa shape index (κ2) is 12.5. The Kier molecular flexibility index (Phi) is 9.17. The molecule has 2 heterocycles. The summed E-state index contributed by atoms with van der Waals surface area (Å²) in [5, 5.41) is 17.9. The average molecular weight is 526 g/mol. The zero-order valence-electron chi connectivity index (χ0n) is 22.9. The number of aliphatic hydroxyl groups excluding tert-OH is 1. The predicted octanol–water partition coefficient (Wildman–Crippen LogP) is 4.14. The van der Waals surface area contributed by atoms with Crippen molar-refractivity contribution in [3.8, 4) is 5.75 Å². The molecule has 0 saturated carbocycles. The minimum atomic E-state index is -0.335. The molecule has 0 amide bonds. The number of benzene rings is 1. The number of allylic oxidation sites excluding steroid dienone is 1. The van der Waals surface area contributed by atoms with E-state index in [-0.39, 0.29) is 24.9 Å². The molecule has 4 rings (SSSR count). The molecule has 0 saturated heterocycles. The van der Waals surface area contributed by atoms with Gasteiger partial charge in [0.1, 0.15) is 17.1 Å². The lowest BCUT2D eigenvalue weighted by atomic mass is 9.89. The van der Waals surface area contributed by atoms with Crippen molar-refractivity contribution < 1.29 is 14.2 Å². The minimum absolute atomic E-state index is 0.0179. The van der Waals surface area contributed by atoms with Gasteiger partial charge in [-0.15, -0.1) is 0 Å². The summed E-state index contributed by atoms with van der Waals surface area (Å²) in [7, 11) is 1.56. The number of hydrogen-bond donors (Lipinski definition) is 3. The first-order valence-electron chi connectivity index (χ1n) is 13.5. The van der Waals surface area contributed by atoms with Crippen LogP contribution in [-0.2, 0) is 6.54 Å². The Labute approximate surface area is 223 Å². The molecule has 0 fully saturated rings. The van der Waals surface area contributed by atoms with E-state index in [4.69, 9.17) is 15.6 Å². The van der Waals surface area contributed by atoms with Gasteiger partial charge in [0, 0.05) is 25.2 Å². The first kappa shape index (κ1) is 27.8. The highest BCUT2D eigenvalue weighted by molar-refractivity contribution is 5.86. The molecule has 0 radical (unpaired) electrons. The zero-order chi connectivity index (χ0) is 27.2. The molecule has 1 aliphatic carbocycles. The SMILES string of the molecule is CCCCN(CCO)c1nc(N)nc2cn(Cc3c(F)cc(C4=CCC(NC(C)C)CC4)cc3OC)nc12. The van der Waals surface area contributed by atoms with E-state index in [1.165, 1.54) is 0 Å². The largest absolute Gasteiger partial charge is 0.496 e. The van der Waals surface area contributed by atoms with Crippen LogP contribution in [0.4, 0.5) is 16.2 Å². The van der Waals surface area contributed by atoms with Crippen LogP contribution in [-0.4, -0.2) is 63.7 Å². The molecule has 0 spiro atoms. The van der Waals surface area contributed by atoms with E-state index < -0.39 is 0 Å². The highest BCUT2D eigenvalue weighted by Crippen LogP contribution is 2.33. The van der Waals surface area contributed by atoms with Crippen molar-refractivity contribution in [2.75, 3.05) is 37.4 Å². The molecule has 2 aromatic heterocycles. The van der Waals surface area contributed by atoms with E-state index in [0.717, 1.165) is 43.2 Å². The average Bonchev–Trinajstić information content (AvgIpc) is 3.29. The maximum atomic E-state index is 15.5. The van der Waals surface area contributed by atoms with Crippen molar-refractivity contribution in [2.45, 2.75) is 71.5 Å². The summed E-state index contributed by atoms with van der Waals surface area (Å²) in [6.45, 7) is 7.68. The summed E-state index contributed by atoms with van der Waals surface area (Å²) in [6.07, 6.45) is 8.73. The lowest BCUT2D eigenvalue weighted by molar-refractivity contribution is 0.301. The first-order valence-corrected chi connectivity index (χ1v) is 13.5. The van der Waals surface area contributed by atoms with Gasteiger partial charge in [-0.1, -0.05) is 33.3 Å². The summed E-state index contributed by atoms with van der Waals surface area (Å²) in [5.74, 6) is 0.855. The Bertz CT molecular complexity index is 1270. The van der Waals surface area contributed by atoms with Crippen molar-refractivity contribution in [3.05, 3.63) is 41.3 Å². The number of nitrogen functional groups attached to an aromatic ring is 1. The topological polar surface area (TPSA) is 114 Å². The number of nitrogens with zero attached hydrogens (tertiary/aromatic N) is 5. The van der Waals surface area contributed by atoms with Crippen LogP contribution >= 0.6 is 0 Å². The second-order valence-electron chi connectivity index (χ2n) is 10.2. The fourth-order valence-corrected chi connectivity index (χ4v) is 5.07. The molecule has 3 aromatic rings. The molecule has 9 nitrogen and oxygen atoms in total. The molecule has 38 heavy (non-hydrogen) atoms. The third-order valence-electron chi connectivity index (χ3n) is 6.91. The molecule has 206 valence electrons. The Balaban J connectivity index is 1.62. The van der Waals surface area contributed by atoms with Gasteiger partial charge in [-0.2, -0.15) is 10.1 Å². The third-order valence-corrected chi connectivity index (χ3v) is 6.91. The van der Waals surface area contributed by atoms with Crippen LogP contribution in [0, 0.1) is 5.82 Å². The fourth-order valence-electron chi connectivity index (χ4n) is 5.07. The number of unbranched alkanes of at least 4 members (excludes halogenated alkanes) is 1. The Morgan fingerprint density at radius 1 is 1.29 bits per heavy atom. The molecule has 1 atom stereocenters. The Morgan fingerprint density at radius 2 is 2.11 bits per heavy atom. The number of methoxy groups -OCH3 is 1. The van der Waals surface area contributed by atoms with Gasteiger partial charge in [0.15, 0.2) is 11.3 Å². The fraction of sp³-hybridized carbons (Fsp3) is 0.536. The van der Waals surface area contributed by atoms with Crippen LogP contribution in [0.1, 0.15) is 64.0 Å². The number of aliphatic hydroxyl groups is 1. The molecular weight excluding hydrogens is 485 g/mol. The number of nitrogens with one attached hydrogen (secondary N) is 1. The van der Waals surface area contributed by atoms with Crippen LogP contribution in [0.25, 0.3) is 16.6 Å². The quantitative estimate of drug-likeness (QED) is 0.323. The van der Waals surface area contributed by atoms with Crippen molar-refractivity contribution in [1.82, 2.24) is 25.1 Å². The van der Waals surface area contributed by atoms with Crippen molar-refractivity contribution in [1.29, 1.82) is 0 Å². The van der Waals surface area contributed by atoms with Gasteiger partial charge in [0.2, 0.25) is 5.95 Å². The number of hydrogen-bond acceptors (Lipinski definition) is 8. The van der Waals surface area contributed by atoms with Crippen molar-refractivity contribution >= 4 is 28.4 Å². The second-order valence-corrected chi connectivity index (χ2v) is 10.2. The highest BCUT2D eigenvalue weighted by Gasteiger charge is 2.21. The Hall–Kier alpha value is -3.24. The van der Waals surface area contributed by atoms with E-state index in [0.29, 0.717) is 53.3 Å². The number of halogens is 1. The summed E-state index contributed by atoms with van der Waals surface area (Å²) in [4.78, 5) is 10.7. The highest BCUT2D eigenvalue weighted by atomic mass is 19.1. The van der Waals surface area contributed by atoms with Crippen LogP contribution in [0.15, 0.2) is 24.4 Å². The molecule has 0 bridgehead atoms. The molecule has 0 aliphatic heterocycles. The number of rotatable bonds is 12. The smallest absolute Gasteiger partial charge is 0.222 e. The number of aromatic nitrogens is 4. The van der Waals surface area contributed by atoms with Crippen LogP contribution < -0.4 is 20.7 Å². The maximum Gasteiger partial charge on any atom is 0.222 e. The maximum absolute atomic E-state index is 15.5. The van der Waals surface area contributed by atoms with E-state index in [2.05, 4.69) is 42.1 Å². The molecule has 1 aliphatic rings. The van der Waals surface area contributed by atoms with E-state index in [9.17, 15) is 5.11 Å². The summed E-state index contributed by atoms with van der Waals surface area (Å²) >= 11 is 0. The number of anilines is 2. The first-order chi connectivity index (χ1) is 18.3. The molecule has 10 heteroatoms. The third kappa shape index (κ3) is 6.42. The molecule has 1 aromatic carbocycles. The van der Waals surface area contributed by atoms with Crippen molar-refractivity contribution in [2.24, 2.45) is 0 Å². The summed E-state index contributed by atoms with van der Waals surface area (Å²) in [6, 6.07) is 4.41. The summed E-state index contributed by atoms with van der Waals surface area (Å²) in [5.41, 5.74) is 9.55. The standard InChI is InChI=1S/C28H40FN7O2/c1-5-6-11-35(12-13-37)27-26-24(32-28(30)33-27)17-36(34-26)16-22-23(29)14-20(15-25(22)38-4)19-7-9-21(10-8-19)31-18(2)3/h7,14-15,17-18,21,31,37H,5-6,8-13,16H2,1-4H3,(H2,30,32). The zero-order valence-corrected chi connectivity index (χ0v) is 22.9.